The average Bonchev–Trinajstić information content (AvgIpc) is 2.74. The summed E-state index contributed by atoms with van der Waals surface area (Å²) in [5, 5.41) is 0.803. The molecule has 38 heavy (non-hydrogen) atoms. The number of rotatable bonds is 8. The van der Waals surface area contributed by atoms with Crippen molar-refractivity contribution in [2.24, 2.45) is 0 Å². The van der Waals surface area contributed by atoms with Gasteiger partial charge in [0.15, 0.2) is 5.82 Å². The number of amides is 1. The first kappa shape index (κ1) is 32.1. The van der Waals surface area contributed by atoms with Gasteiger partial charge in [0, 0.05) is 11.8 Å². The van der Waals surface area contributed by atoms with Crippen LogP contribution in [0.1, 0.15) is 39.9 Å². The van der Waals surface area contributed by atoms with E-state index in [1.807, 2.05) is 0 Å². The number of thioether (sulfide) groups is 1. The molecule has 0 heterocycles. The number of nitrogens with one attached hydrogen (secondary N) is 1. The Morgan fingerprint density at radius 1 is 1.00 bits per heavy atom. The van der Waals surface area contributed by atoms with Crippen LogP contribution in [0, 0.1) is 5.82 Å². The highest BCUT2D eigenvalue weighted by atomic mass is 35.5. The minimum Gasteiger partial charge on any atom is -0.349 e. The molecule has 0 saturated heterocycles. The van der Waals surface area contributed by atoms with E-state index in [2.05, 4.69) is 5.32 Å². The van der Waals surface area contributed by atoms with E-state index < -0.39 is 74.7 Å². The molecule has 1 N–H and O–H groups in total. The van der Waals surface area contributed by atoms with Crippen molar-refractivity contribution in [3.8, 4) is 0 Å². The smallest absolute Gasteiger partial charge is 0.349 e. The minimum atomic E-state index is -5.09. The summed E-state index contributed by atoms with van der Waals surface area (Å²) >= 11 is 11.6. The summed E-state index contributed by atoms with van der Waals surface area (Å²) in [5.41, 5.74) is -3.25. The number of carbonyl (C=O) groups is 1. The van der Waals surface area contributed by atoms with Gasteiger partial charge in [0.25, 0.3) is 5.91 Å². The molecule has 0 fully saturated rings. The number of hydrogen-bond acceptors (Lipinski definition) is 2. The summed E-state index contributed by atoms with van der Waals surface area (Å²) in [6, 6.07) is 2.61. The highest BCUT2D eigenvalue weighted by Crippen LogP contribution is 2.40. The molecule has 0 saturated carbocycles. The fraction of sp³-hybridized carbons (Fsp3) is 0.348. The van der Waals surface area contributed by atoms with Gasteiger partial charge in [-0.2, -0.15) is 51.3 Å². The summed E-state index contributed by atoms with van der Waals surface area (Å²) in [7, 11) is 0. The van der Waals surface area contributed by atoms with Gasteiger partial charge in [-0.25, -0.2) is 4.39 Å². The Morgan fingerprint density at radius 2 is 1.58 bits per heavy atom. The second-order valence-corrected chi connectivity index (χ2v) is 9.83. The number of halogens is 12. The summed E-state index contributed by atoms with van der Waals surface area (Å²) in [5.74, 6) is -6.22. The topological polar surface area (TPSA) is 29.1 Å². The van der Waals surface area contributed by atoms with E-state index in [1.165, 1.54) is 6.92 Å². The Labute approximate surface area is 224 Å². The van der Waals surface area contributed by atoms with E-state index in [1.54, 1.807) is 0 Å². The van der Waals surface area contributed by atoms with E-state index in [0.29, 0.717) is 36.0 Å². The lowest BCUT2D eigenvalue weighted by Gasteiger charge is -2.19. The Kier molecular flexibility index (Phi) is 10.5. The van der Waals surface area contributed by atoms with Gasteiger partial charge in [0.05, 0.1) is 32.8 Å². The molecule has 210 valence electrons. The molecule has 2 atom stereocenters. The van der Waals surface area contributed by atoms with Gasteiger partial charge in [0.2, 0.25) is 0 Å². The van der Waals surface area contributed by atoms with Crippen molar-refractivity contribution in [2.75, 3.05) is 11.5 Å². The molecular weight excluding hydrogens is 599 g/mol. The van der Waals surface area contributed by atoms with Crippen LogP contribution in [0.25, 0.3) is 6.08 Å². The normalized spacial score (nSPS) is 14.6. The first-order chi connectivity index (χ1) is 17.3. The van der Waals surface area contributed by atoms with Crippen molar-refractivity contribution >= 4 is 46.9 Å². The summed E-state index contributed by atoms with van der Waals surface area (Å²) in [6.07, 6.45) is -13.2. The lowest BCUT2D eigenvalue weighted by Crippen LogP contribution is -2.35. The Bertz CT molecular complexity index is 1160. The first-order valence-electron chi connectivity index (χ1n) is 10.4. The van der Waals surface area contributed by atoms with E-state index in [0.717, 1.165) is 18.2 Å². The second kappa shape index (κ2) is 12.4. The zero-order valence-electron chi connectivity index (χ0n) is 19.0. The fourth-order valence-electron chi connectivity index (χ4n) is 3.16. The first-order valence-corrected chi connectivity index (χ1v) is 12.3. The maximum Gasteiger partial charge on any atom is 0.417 e. The zero-order valence-corrected chi connectivity index (χ0v) is 21.3. The Morgan fingerprint density at radius 3 is 2.08 bits per heavy atom. The quantitative estimate of drug-likeness (QED) is 0.237. The molecule has 2 aromatic carbocycles. The largest absolute Gasteiger partial charge is 0.417 e. The van der Waals surface area contributed by atoms with Crippen molar-refractivity contribution < 1.29 is 48.7 Å². The molecule has 0 aliphatic rings. The van der Waals surface area contributed by atoms with Gasteiger partial charge in [0.1, 0.15) is 0 Å². The Hall–Kier alpha value is -2.12. The lowest BCUT2D eigenvalue weighted by atomic mass is 9.96. The van der Waals surface area contributed by atoms with Crippen LogP contribution < -0.4 is 5.32 Å². The van der Waals surface area contributed by atoms with E-state index in [-0.39, 0.29) is 11.3 Å². The highest BCUT2D eigenvalue weighted by molar-refractivity contribution is 7.99. The van der Waals surface area contributed by atoms with E-state index >= 15 is 0 Å². The van der Waals surface area contributed by atoms with Crippen molar-refractivity contribution in [1.29, 1.82) is 0 Å². The highest BCUT2D eigenvalue weighted by Gasteiger charge is 2.40. The van der Waals surface area contributed by atoms with Crippen LogP contribution in [0.5, 0.6) is 0 Å². The van der Waals surface area contributed by atoms with E-state index in [9.17, 15) is 48.7 Å². The van der Waals surface area contributed by atoms with Gasteiger partial charge < -0.3 is 5.32 Å². The third kappa shape index (κ3) is 9.26. The number of hydrogen-bond donors (Lipinski definition) is 1. The van der Waals surface area contributed by atoms with Crippen LogP contribution in [0.4, 0.5) is 43.9 Å². The van der Waals surface area contributed by atoms with E-state index in [4.69, 9.17) is 23.2 Å². The van der Waals surface area contributed by atoms with Gasteiger partial charge in [-0.05, 0) is 42.3 Å². The second-order valence-electron chi connectivity index (χ2n) is 7.98. The van der Waals surface area contributed by atoms with Crippen LogP contribution in [0.15, 0.2) is 36.4 Å². The molecule has 1 unspecified atom stereocenters. The third-order valence-corrected chi connectivity index (χ3v) is 6.62. The molecule has 2 aromatic rings. The van der Waals surface area contributed by atoms with Crippen molar-refractivity contribution in [3.63, 3.8) is 0 Å². The lowest BCUT2D eigenvalue weighted by molar-refractivity contribution is -0.139. The van der Waals surface area contributed by atoms with Crippen molar-refractivity contribution in [1.82, 2.24) is 5.32 Å². The fourth-order valence-corrected chi connectivity index (χ4v) is 4.45. The molecule has 0 spiro atoms. The maximum atomic E-state index is 13.7. The molecule has 15 heteroatoms. The van der Waals surface area contributed by atoms with Crippen LogP contribution >= 0.6 is 35.0 Å². The Balaban J connectivity index is 2.34. The van der Waals surface area contributed by atoms with Gasteiger partial charge in [-0.3, -0.25) is 4.79 Å². The molecule has 0 aliphatic carbocycles. The summed E-state index contributed by atoms with van der Waals surface area (Å²) < 4.78 is 132. The van der Waals surface area contributed by atoms with Gasteiger partial charge in [-0.1, -0.05) is 41.4 Å². The van der Waals surface area contributed by atoms with Crippen LogP contribution in [-0.4, -0.2) is 35.8 Å². The number of allylic oxidation sites excluding steroid dienone is 1. The van der Waals surface area contributed by atoms with Crippen LogP contribution in [0.2, 0.25) is 10.0 Å². The molecule has 0 aliphatic heterocycles. The number of alkyl halides is 9. The van der Waals surface area contributed by atoms with Gasteiger partial charge in [-0.15, -0.1) is 0 Å². The SMILES string of the molecule is C[C@H](CSCC(F)(F)F)NC(=O)c1ccc(/C=C/C(c2cc(Cl)c(F)c(Cl)c2)C(F)(F)F)cc1C(F)(F)F. The zero-order chi connectivity index (χ0) is 29.1. The standard InChI is InChI=1S/C23H17Cl2F10NOS/c1-11(9-38-10-21(27,28)29)36-20(37)14-4-2-12(6-16(14)23(33,34)35)3-5-15(22(30,31)32)13-7-17(24)19(26)18(25)8-13/h2-8,11,15H,9-10H2,1H3,(H,36,37)/b5-3+/t11-,15?/m1/s1. The number of benzene rings is 2. The van der Waals surface area contributed by atoms with Crippen molar-refractivity contribution in [2.45, 2.75) is 37.4 Å². The van der Waals surface area contributed by atoms with Gasteiger partial charge >= 0.3 is 18.5 Å². The molecular formula is C23H17Cl2F10NOS. The summed E-state index contributed by atoms with van der Waals surface area (Å²) in [6.45, 7) is 1.30. The predicted octanol–water partition coefficient (Wildman–Crippen LogP) is 8.92. The molecule has 1 amide bonds. The molecule has 2 rings (SSSR count). The third-order valence-electron chi connectivity index (χ3n) is 4.80. The maximum absolute atomic E-state index is 13.7. The monoisotopic (exact) mass is 615 g/mol. The van der Waals surface area contributed by atoms with Crippen LogP contribution in [0.3, 0.4) is 0 Å². The molecule has 0 radical (unpaired) electrons. The van der Waals surface area contributed by atoms with Crippen LogP contribution in [-0.2, 0) is 6.18 Å². The number of carbonyl (C=O) groups excluding carboxylic acids is 1. The molecule has 2 nitrogen and oxygen atoms in total. The van der Waals surface area contributed by atoms with Crippen molar-refractivity contribution in [3.05, 3.63) is 74.5 Å². The summed E-state index contributed by atoms with van der Waals surface area (Å²) in [4.78, 5) is 12.4. The molecule has 0 aromatic heterocycles. The average molecular weight is 616 g/mol. The minimum absolute atomic E-state index is 0.232. The molecule has 0 bridgehead atoms. The predicted molar refractivity (Wildman–Crippen MR) is 126 cm³/mol.